The molecule has 0 bridgehead atoms. The van der Waals surface area contributed by atoms with Crippen molar-refractivity contribution in [2.45, 2.75) is 187 Å². The lowest BCUT2D eigenvalue weighted by molar-refractivity contribution is -0.870. The lowest BCUT2D eigenvalue weighted by Gasteiger charge is -2.25. The minimum atomic E-state index is -1.52. The van der Waals surface area contributed by atoms with E-state index in [2.05, 4.69) is 86.8 Å². The number of carbonyl (C=O) groups is 3. The number of rotatable bonds is 42. The van der Waals surface area contributed by atoms with Crippen LogP contribution in [-0.4, -0.2) is 87.4 Å². The summed E-state index contributed by atoms with van der Waals surface area (Å²) in [4.78, 5) is 37.1. The highest BCUT2D eigenvalue weighted by Crippen LogP contribution is 2.14. The van der Waals surface area contributed by atoms with Crippen LogP contribution >= 0.6 is 0 Å². The number of esters is 2. The molecule has 0 radical (unpaired) electrons. The highest BCUT2D eigenvalue weighted by Gasteiger charge is 2.25. The number of hydrogen-bond donors (Lipinski definition) is 1. The average molecular weight is 843 g/mol. The van der Waals surface area contributed by atoms with Gasteiger partial charge in [0, 0.05) is 12.8 Å². The van der Waals surface area contributed by atoms with Crippen molar-refractivity contribution in [2.24, 2.45) is 0 Å². The molecule has 0 aliphatic carbocycles. The van der Waals surface area contributed by atoms with Crippen LogP contribution in [0.1, 0.15) is 174 Å². The first kappa shape index (κ1) is 56.7. The quantitative estimate of drug-likeness (QED) is 0.0213. The first-order valence-electron chi connectivity index (χ1n) is 23.6. The average Bonchev–Trinajstić information content (AvgIpc) is 3.21. The minimum Gasteiger partial charge on any atom is -0.477 e. The topological polar surface area (TPSA) is 108 Å². The van der Waals surface area contributed by atoms with Crippen LogP contribution in [0.15, 0.2) is 72.9 Å². The number of carboxylic acid groups (broad SMARTS) is 1. The Labute approximate surface area is 367 Å². The van der Waals surface area contributed by atoms with Gasteiger partial charge in [-0.05, 0) is 64.2 Å². The number of quaternary nitrogens is 1. The van der Waals surface area contributed by atoms with Crippen molar-refractivity contribution in [1.29, 1.82) is 0 Å². The Bertz CT molecular complexity index is 1210. The Kier molecular flexibility index (Phi) is 40.1. The number of likely N-dealkylation sites (N-methyl/N-ethyl adjacent to an activating group) is 1. The maximum Gasteiger partial charge on any atom is 0.361 e. The highest BCUT2D eigenvalue weighted by molar-refractivity contribution is 5.71. The fraction of sp³-hybridized carbons (Fsp3) is 0.706. The first-order valence-corrected chi connectivity index (χ1v) is 23.6. The number of carboxylic acids is 1. The van der Waals surface area contributed by atoms with E-state index in [0.29, 0.717) is 23.9 Å². The second-order valence-electron chi connectivity index (χ2n) is 16.7. The van der Waals surface area contributed by atoms with Crippen molar-refractivity contribution >= 4 is 17.9 Å². The number of hydrogen-bond acceptors (Lipinski definition) is 7. The fourth-order valence-corrected chi connectivity index (χ4v) is 6.07. The summed E-state index contributed by atoms with van der Waals surface area (Å²) in [7, 11) is 5.94. The zero-order valence-corrected chi connectivity index (χ0v) is 38.8. The Morgan fingerprint density at radius 1 is 0.517 bits per heavy atom. The van der Waals surface area contributed by atoms with Crippen LogP contribution in [0, 0.1) is 0 Å². The zero-order chi connectivity index (χ0) is 44.2. The summed E-state index contributed by atoms with van der Waals surface area (Å²) in [6.07, 6.45) is 49.6. The van der Waals surface area contributed by atoms with Gasteiger partial charge in [-0.2, -0.15) is 0 Å². The molecule has 0 rings (SSSR count). The Hall–Kier alpha value is -3.27. The summed E-state index contributed by atoms with van der Waals surface area (Å²) in [5.41, 5.74) is 0. The van der Waals surface area contributed by atoms with Crippen LogP contribution in [0.4, 0.5) is 0 Å². The predicted octanol–water partition coefficient (Wildman–Crippen LogP) is 12.7. The van der Waals surface area contributed by atoms with Gasteiger partial charge < -0.3 is 28.5 Å². The van der Waals surface area contributed by atoms with Crippen molar-refractivity contribution in [3.05, 3.63) is 72.9 Å². The largest absolute Gasteiger partial charge is 0.477 e. The van der Waals surface area contributed by atoms with E-state index in [1.807, 2.05) is 21.1 Å². The lowest BCUT2D eigenvalue weighted by Crippen LogP contribution is -2.40. The van der Waals surface area contributed by atoms with Crippen molar-refractivity contribution in [1.82, 2.24) is 0 Å². The molecule has 0 fully saturated rings. The van der Waals surface area contributed by atoms with Gasteiger partial charge in [-0.1, -0.05) is 170 Å². The number of allylic oxidation sites excluding steroid dienone is 12. The standard InChI is InChI=1S/C51H87NO8/c1-6-8-10-12-14-16-18-20-21-22-23-24-25-26-27-28-29-30-32-34-36-38-40-42-49(54)60-47(46-59-51(50(55)56)57-44-43-52(3,4)5)45-58-48(53)41-39-37-35-33-31-19-17-15-13-11-9-7-2/h8,10,14,16,20-21,23-24,26-27,29-30,47,51H,6-7,9,11-13,15,17-19,22,25,28,31-46H2,1-5H3/p+1/b10-8-,16-14-,21-20-,24-23-,27-26-,30-29-. The highest BCUT2D eigenvalue weighted by atomic mass is 16.7. The third-order valence-electron chi connectivity index (χ3n) is 9.73. The summed E-state index contributed by atoms with van der Waals surface area (Å²) in [5.74, 6) is -2.05. The molecule has 0 aromatic heterocycles. The van der Waals surface area contributed by atoms with E-state index in [0.717, 1.165) is 83.5 Å². The van der Waals surface area contributed by atoms with Crippen molar-refractivity contribution < 1.29 is 42.9 Å². The number of ether oxygens (including phenoxy) is 4. The molecule has 60 heavy (non-hydrogen) atoms. The SMILES string of the molecule is CC/C=C\C/C=C\C/C=C\C/C=C\C/C=C\C/C=C\CCCCCCC(=O)OC(COC(=O)CCCCCCCCCCCCCC)COC(OCC[N+](C)(C)C)C(=O)O. The summed E-state index contributed by atoms with van der Waals surface area (Å²) >= 11 is 0. The summed E-state index contributed by atoms with van der Waals surface area (Å²) in [6, 6.07) is 0. The summed E-state index contributed by atoms with van der Waals surface area (Å²) in [5, 5.41) is 9.64. The maximum atomic E-state index is 12.8. The van der Waals surface area contributed by atoms with E-state index in [-0.39, 0.29) is 32.2 Å². The van der Waals surface area contributed by atoms with Crippen LogP contribution in [0.5, 0.6) is 0 Å². The van der Waals surface area contributed by atoms with Gasteiger partial charge in [-0.3, -0.25) is 9.59 Å². The lowest BCUT2D eigenvalue weighted by atomic mass is 10.0. The molecule has 9 heteroatoms. The van der Waals surface area contributed by atoms with Crippen molar-refractivity contribution in [3.8, 4) is 0 Å². The van der Waals surface area contributed by atoms with Crippen LogP contribution in [-0.2, 0) is 33.3 Å². The molecule has 0 aliphatic heterocycles. The molecule has 9 nitrogen and oxygen atoms in total. The molecule has 2 atom stereocenters. The van der Waals surface area contributed by atoms with Crippen LogP contribution in [0.25, 0.3) is 0 Å². The minimum absolute atomic E-state index is 0.180. The van der Waals surface area contributed by atoms with Crippen LogP contribution in [0.2, 0.25) is 0 Å². The number of unbranched alkanes of at least 4 members (excludes halogenated alkanes) is 15. The van der Waals surface area contributed by atoms with Gasteiger partial charge >= 0.3 is 17.9 Å². The van der Waals surface area contributed by atoms with Gasteiger partial charge in [0.2, 0.25) is 0 Å². The van der Waals surface area contributed by atoms with Crippen molar-refractivity contribution in [3.63, 3.8) is 0 Å². The molecule has 0 saturated heterocycles. The molecule has 0 amide bonds. The van der Waals surface area contributed by atoms with E-state index in [4.69, 9.17) is 18.9 Å². The van der Waals surface area contributed by atoms with E-state index in [1.54, 1.807) is 0 Å². The normalized spacial score (nSPS) is 13.6. The number of aliphatic carboxylic acids is 1. The van der Waals surface area contributed by atoms with E-state index < -0.39 is 24.3 Å². The molecular formula is C51H88NO8+. The molecule has 0 heterocycles. The summed E-state index contributed by atoms with van der Waals surface area (Å²) < 4.78 is 22.7. The third kappa shape index (κ3) is 42.8. The van der Waals surface area contributed by atoms with Gasteiger partial charge in [-0.25, -0.2) is 4.79 Å². The van der Waals surface area contributed by atoms with Gasteiger partial charge in [-0.15, -0.1) is 0 Å². The zero-order valence-electron chi connectivity index (χ0n) is 38.8. The van der Waals surface area contributed by atoms with Crippen LogP contribution < -0.4 is 0 Å². The van der Waals surface area contributed by atoms with Gasteiger partial charge in [0.25, 0.3) is 6.29 Å². The summed E-state index contributed by atoms with van der Waals surface area (Å²) in [6.45, 7) is 4.71. The van der Waals surface area contributed by atoms with E-state index in [1.165, 1.54) is 57.8 Å². The second-order valence-corrected chi connectivity index (χ2v) is 16.7. The van der Waals surface area contributed by atoms with E-state index >= 15 is 0 Å². The Balaban J connectivity index is 4.45. The smallest absolute Gasteiger partial charge is 0.361 e. The molecule has 0 aromatic carbocycles. The number of nitrogens with zero attached hydrogens (tertiary/aromatic N) is 1. The molecular weight excluding hydrogens is 755 g/mol. The first-order chi connectivity index (χ1) is 29.1. The van der Waals surface area contributed by atoms with Crippen molar-refractivity contribution in [2.75, 3.05) is 47.5 Å². The monoisotopic (exact) mass is 843 g/mol. The molecule has 2 unspecified atom stereocenters. The molecule has 1 N–H and O–H groups in total. The van der Waals surface area contributed by atoms with E-state index in [9.17, 15) is 19.5 Å². The maximum absolute atomic E-state index is 12.8. The van der Waals surface area contributed by atoms with Gasteiger partial charge in [0.1, 0.15) is 13.2 Å². The Morgan fingerprint density at radius 2 is 0.950 bits per heavy atom. The Morgan fingerprint density at radius 3 is 1.42 bits per heavy atom. The molecule has 0 saturated carbocycles. The predicted molar refractivity (Wildman–Crippen MR) is 249 cm³/mol. The molecule has 0 aliphatic rings. The molecule has 0 spiro atoms. The van der Waals surface area contributed by atoms with Gasteiger partial charge in [0.05, 0.1) is 34.4 Å². The third-order valence-corrected chi connectivity index (χ3v) is 9.73. The number of carbonyl (C=O) groups excluding carboxylic acids is 2. The van der Waals surface area contributed by atoms with Gasteiger partial charge in [0.15, 0.2) is 6.10 Å². The van der Waals surface area contributed by atoms with Crippen LogP contribution in [0.3, 0.4) is 0 Å². The fourth-order valence-electron chi connectivity index (χ4n) is 6.07. The second kappa shape index (κ2) is 42.4. The molecule has 0 aromatic rings. The molecule has 344 valence electrons.